The number of nitrogens with zero attached hydrogens (tertiary/aromatic N) is 4. The smallest absolute Gasteiger partial charge is 0.310 e. The molecule has 26 heavy (non-hydrogen) atoms. The van der Waals surface area contributed by atoms with E-state index in [0.717, 1.165) is 36.8 Å². The number of likely N-dealkylation sites (tertiary alicyclic amines) is 1. The van der Waals surface area contributed by atoms with Gasteiger partial charge in [-0.15, -0.1) is 0 Å². The van der Waals surface area contributed by atoms with Crippen LogP contribution < -0.4 is 0 Å². The zero-order valence-corrected chi connectivity index (χ0v) is 15.1. The second-order valence-electron chi connectivity index (χ2n) is 7.27. The number of esters is 1. The number of piperidine rings is 1. The number of carbonyl (C=O) groups is 2. The summed E-state index contributed by atoms with van der Waals surface area (Å²) in [6.07, 6.45) is 9.87. The minimum Gasteiger partial charge on any atom is -0.469 e. The molecule has 138 valence electrons. The molecule has 2 aliphatic rings. The van der Waals surface area contributed by atoms with Crippen molar-refractivity contribution in [1.82, 2.24) is 19.4 Å². The van der Waals surface area contributed by atoms with Crippen molar-refractivity contribution in [3.05, 3.63) is 24.2 Å². The molecule has 1 atom stereocenters. The van der Waals surface area contributed by atoms with Crippen LogP contribution in [0, 0.1) is 5.92 Å². The minimum atomic E-state index is -0.244. The summed E-state index contributed by atoms with van der Waals surface area (Å²) in [5.74, 6) is -0.578. The van der Waals surface area contributed by atoms with Crippen LogP contribution in [0.5, 0.6) is 0 Å². The van der Waals surface area contributed by atoms with Crippen LogP contribution in [-0.2, 0) is 9.53 Å². The molecule has 1 aliphatic heterocycles. The second kappa shape index (κ2) is 7.05. The summed E-state index contributed by atoms with van der Waals surface area (Å²) in [5, 5.41) is 0. The fourth-order valence-electron chi connectivity index (χ4n) is 4.19. The third-order valence-electron chi connectivity index (χ3n) is 5.62. The highest BCUT2D eigenvalue weighted by molar-refractivity contribution is 5.96. The molecule has 7 heteroatoms. The maximum Gasteiger partial charge on any atom is 0.310 e. The average Bonchev–Trinajstić information content (AvgIpc) is 3.35. The molecule has 0 aromatic carbocycles. The molecule has 0 bridgehead atoms. The van der Waals surface area contributed by atoms with Crippen LogP contribution in [0.3, 0.4) is 0 Å². The first-order valence-corrected chi connectivity index (χ1v) is 9.37. The zero-order chi connectivity index (χ0) is 18.1. The highest BCUT2D eigenvalue weighted by Gasteiger charge is 2.30. The predicted molar refractivity (Wildman–Crippen MR) is 95.7 cm³/mol. The van der Waals surface area contributed by atoms with Crippen LogP contribution in [0.4, 0.5) is 0 Å². The third kappa shape index (κ3) is 3.06. The molecule has 2 aromatic rings. The number of hydrogen-bond donors (Lipinski definition) is 0. The van der Waals surface area contributed by atoms with Gasteiger partial charge in [-0.2, -0.15) is 0 Å². The van der Waals surface area contributed by atoms with Crippen molar-refractivity contribution < 1.29 is 14.3 Å². The first kappa shape index (κ1) is 17.0. The van der Waals surface area contributed by atoms with Crippen LogP contribution in [0.1, 0.15) is 54.9 Å². The Morgan fingerprint density at radius 3 is 2.73 bits per heavy atom. The molecule has 0 unspecified atom stereocenters. The summed E-state index contributed by atoms with van der Waals surface area (Å²) in [7, 11) is 1.39. The summed E-state index contributed by atoms with van der Waals surface area (Å²) in [6, 6.07) is 2.29. The molecule has 0 spiro atoms. The van der Waals surface area contributed by atoms with Crippen molar-refractivity contribution in [3.8, 4) is 0 Å². The van der Waals surface area contributed by atoms with E-state index in [-0.39, 0.29) is 17.8 Å². The molecule has 1 saturated heterocycles. The Kier molecular flexibility index (Phi) is 4.61. The van der Waals surface area contributed by atoms with Gasteiger partial charge in [-0.05, 0) is 31.7 Å². The van der Waals surface area contributed by atoms with Gasteiger partial charge in [0, 0.05) is 25.3 Å². The topological polar surface area (TPSA) is 77.3 Å². The quantitative estimate of drug-likeness (QED) is 0.790. The molecule has 0 N–H and O–H groups in total. The summed E-state index contributed by atoms with van der Waals surface area (Å²) >= 11 is 0. The Morgan fingerprint density at radius 2 is 1.96 bits per heavy atom. The summed E-state index contributed by atoms with van der Waals surface area (Å²) < 4.78 is 6.97. The molecule has 2 aromatic heterocycles. The van der Waals surface area contributed by atoms with Gasteiger partial charge in [-0.1, -0.05) is 12.8 Å². The van der Waals surface area contributed by atoms with E-state index in [1.165, 1.54) is 20.0 Å². The molecule has 1 aliphatic carbocycles. The third-order valence-corrected chi connectivity index (χ3v) is 5.62. The first-order valence-electron chi connectivity index (χ1n) is 9.37. The van der Waals surface area contributed by atoms with Crippen LogP contribution in [0.25, 0.3) is 11.2 Å². The van der Waals surface area contributed by atoms with E-state index in [1.807, 2.05) is 12.4 Å². The highest BCUT2D eigenvalue weighted by atomic mass is 16.5. The molecule has 4 rings (SSSR count). The van der Waals surface area contributed by atoms with Gasteiger partial charge in [0.25, 0.3) is 5.91 Å². The van der Waals surface area contributed by atoms with Crippen molar-refractivity contribution in [1.29, 1.82) is 0 Å². The van der Waals surface area contributed by atoms with Crippen molar-refractivity contribution in [2.24, 2.45) is 5.92 Å². The summed E-state index contributed by atoms with van der Waals surface area (Å²) in [6.45, 7) is 1.06. The Balaban J connectivity index is 1.54. The molecule has 7 nitrogen and oxygen atoms in total. The fraction of sp³-hybridized carbons (Fsp3) is 0.579. The van der Waals surface area contributed by atoms with Crippen LogP contribution >= 0.6 is 0 Å². The molecule has 1 amide bonds. The number of imidazole rings is 1. The Bertz CT molecular complexity index is 825. The Hall–Kier alpha value is -2.44. The number of fused-ring (bicyclic) bond motifs is 1. The van der Waals surface area contributed by atoms with Gasteiger partial charge in [-0.3, -0.25) is 9.59 Å². The molecule has 1 saturated carbocycles. The number of pyridine rings is 1. The van der Waals surface area contributed by atoms with Gasteiger partial charge in [-0.25, -0.2) is 9.97 Å². The number of rotatable bonds is 3. The van der Waals surface area contributed by atoms with Gasteiger partial charge < -0.3 is 14.2 Å². The zero-order valence-electron chi connectivity index (χ0n) is 15.1. The SMILES string of the molecule is COC(=O)[C@@H]1CCCN(C(=O)c2cnc3c(c2)ncn3C2CCCC2)C1. The van der Waals surface area contributed by atoms with Crippen LogP contribution in [-0.4, -0.2) is 51.5 Å². The maximum absolute atomic E-state index is 12.9. The van der Waals surface area contributed by atoms with E-state index >= 15 is 0 Å². The minimum absolute atomic E-state index is 0.0941. The van der Waals surface area contributed by atoms with Gasteiger partial charge in [0.2, 0.25) is 0 Å². The lowest BCUT2D eigenvalue weighted by Gasteiger charge is -2.31. The maximum atomic E-state index is 12.9. The monoisotopic (exact) mass is 356 g/mol. The number of aromatic nitrogens is 3. The van der Waals surface area contributed by atoms with E-state index < -0.39 is 0 Å². The van der Waals surface area contributed by atoms with Crippen LogP contribution in [0.15, 0.2) is 18.6 Å². The number of ether oxygens (including phenoxy) is 1. The van der Waals surface area contributed by atoms with E-state index in [9.17, 15) is 9.59 Å². The number of hydrogen-bond acceptors (Lipinski definition) is 5. The molecule has 2 fully saturated rings. The number of amides is 1. The number of carbonyl (C=O) groups excluding carboxylic acids is 2. The van der Waals surface area contributed by atoms with Crippen molar-refractivity contribution in [3.63, 3.8) is 0 Å². The highest BCUT2D eigenvalue weighted by Crippen LogP contribution is 2.31. The van der Waals surface area contributed by atoms with E-state index in [4.69, 9.17) is 4.74 Å². The largest absolute Gasteiger partial charge is 0.469 e. The van der Waals surface area contributed by atoms with Gasteiger partial charge >= 0.3 is 5.97 Å². The lowest BCUT2D eigenvalue weighted by Crippen LogP contribution is -2.42. The average molecular weight is 356 g/mol. The van der Waals surface area contributed by atoms with Gasteiger partial charge in [0.15, 0.2) is 5.65 Å². The Morgan fingerprint density at radius 1 is 1.15 bits per heavy atom. The lowest BCUT2D eigenvalue weighted by atomic mass is 9.97. The molecule has 3 heterocycles. The van der Waals surface area contributed by atoms with E-state index in [2.05, 4.69) is 14.5 Å². The normalized spacial score (nSPS) is 21.3. The molecular formula is C19H24N4O3. The fourth-order valence-corrected chi connectivity index (χ4v) is 4.19. The number of methoxy groups -OCH3 is 1. The second-order valence-corrected chi connectivity index (χ2v) is 7.27. The van der Waals surface area contributed by atoms with Gasteiger partial charge in [0.1, 0.15) is 5.52 Å². The summed E-state index contributed by atoms with van der Waals surface area (Å²) in [5.41, 5.74) is 2.13. The standard InChI is InChI=1S/C19H24N4O3/c1-26-19(25)13-5-4-8-22(11-13)18(24)14-9-16-17(20-10-14)23(12-21-16)15-6-2-3-7-15/h9-10,12-13,15H,2-8,11H2,1H3/t13-/m1/s1. The molecule has 0 radical (unpaired) electrons. The van der Waals surface area contributed by atoms with Crippen molar-refractivity contribution in [2.45, 2.75) is 44.6 Å². The van der Waals surface area contributed by atoms with Crippen molar-refractivity contribution in [2.75, 3.05) is 20.2 Å². The lowest BCUT2D eigenvalue weighted by molar-refractivity contribution is -0.146. The van der Waals surface area contributed by atoms with E-state index in [1.54, 1.807) is 11.1 Å². The summed E-state index contributed by atoms with van der Waals surface area (Å²) in [4.78, 5) is 35.4. The van der Waals surface area contributed by atoms with Crippen LogP contribution in [0.2, 0.25) is 0 Å². The van der Waals surface area contributed by atoms with E-state index in [0.29, 0.717) is 24.7 Å². The molecular weight excluding hydrogens is 332 g/mol. The van der Waals surface area contributed by atoms with Crippen molar-refractivity contribution >= 4 is 23.0 Å². The Labute approximate surface area is 152 Å². The first-order chi connectivity index (χ1) is 12.7. The van der Waals surface area contributed by atoms with Gasteiger partial charge in [0.05, 0.1) is 24.9 Å². The predicted octanol–water partition coefficient (Wildman–Crippen LogP) is 2.57.